The van der Waals surface area contributed by atoms with Crippen LogP contribution in [0.25, 0.3) is 16.9 Å². The summed E-state index contributed by atoms with van der Waals surface area (Å²) in [6.45, 7) is 3.81. The molecule has 1 aromatic heterocycles. The lowest BCUT2D eigenvalue weighted by molar-refractivity contribution is -0.118. The second-order valence-electron chi connectivity index (χ2n) is 8.06. The summed E-state index contributed by atoms with van der Waals surface area (Å²) in [6.07, 6.45) is 1.14. The Kier molecular flexibility index (Phi) is 6.51. The molecular formula is C26H25N3O4S. The van der Waals surface area contributed by atoms with Gasteiger partial charge in [0.1, 0.15) is 11.6 Å². The first kappa shape index (κ1) is 23.3. The SMILES string of the molecule is Cc1ccc(C)c(-c2cc(NC(=O)COc3ccc(S(C)(=O)=O)cc3)n(-c3ccccc3)n2)c1. The van der Waals surface area contributed by atoms with Gasteiger partial charge in [0, 0.05) is 17.9 Å². The number of rotatable bonds is 7. The van der Waals surface area contributed by atoms with Gasteiger partial charge in [-0.2, -0.15) is 5.10 Å². The molecule has 0 saturated heterocycles. The van der Waals surface area contributed by atoms with Gasteiger partial charge in [-0.25, -0.2) is 13.1 Å². The highest BCUT2D eigenvalue weighted by Crippen LogP contribution is 2.28. The van der Waals surface area contributed by atoms with Crippen LogP contribution in [-0.4, -0.2) is 37.0 Å². The number of nitrogens with one attached hydrogen (secondary N) is 1. The number of benzene rings is 3. The summed E-state index contributed by atoms with van der Waals surface area (Å²) in [4.78, 5) is 12.9. The van der Waals surface area contributed by atoms with Crippen LogP contribution in [0.3, 0.4) is 0 Å². The number of para-hydroxylation sites is 1. The molecule has 4 rings (SSSR count). The van der Waals surface area contributed by atoms with E-state index < -0.39 is 9.84 Å². The highest BCUT2D eigenvalue weighted by Gasteiger charge is 2.16. The molecule has 0 saturated carbocycles. The van der Waals surface area contributed by atoms with Gasteiger partial charge in [0.25, 0.3) is 5.91 Å². The van der Waals surface area contributed by atoms with Crippen LogP contribution in [0.5, 0.6) is 5.75 Å². The molecule has 34 heavy (non-hydrogen) atoms. The van der Waals surface area contributed by atoms with Gasteiger partial charge in [-0.1, -0.05) is 35.9 Å². The molecule has 8 heteroatoms. The second-order valence-corrected chi connectivity index (χ2v) is 10.1. The number of hydrogen-bond acceptors (Lipinski definition) is 5. The average molecular weight is 476 g/mol. The number of amides is 1. The molecule has 0 radical (unpaired) electrons. The van der Waals surface area contributed by atoms with Gasteiger partial charge in [-0.15, -0.1) is 0 Å². The maximum absolute atomic E-state index is 12.7. The maximum Gasteiger partial charge on any atom is 0.263 e. The van der Waals surface area contributed by atoms with Crippen LogP contribution in [0.4, 0.5) is 5.82 Å². The van der Waals surface area contributed by atoms with Crippen molar-refractivity contribution < 1.29 is 17.9 Å². The van der Waals surface area contributed by atoms with Crippen molar-refractivity contribution in [3.8, 4) is 22.7 Å². The van der Waals surface area contributed by atoms with Gasteiger partial charge in [0.2, 0.25) is 0 Å². The molecule has 0 aliphatic heterocycles. The number of carbonyl (C=O) groups excluding carboxylic acids is 1. The maximum atomic E-state index is 12.7. The first-order valence-corrected chi connectivity index (χ1v) is 12.6. The van der Waals surface area contributed by atoms with E-state index in [0.29, 0.717) is 11.6 Å². The number of aromatic nitrogens is 2. The summed E-state index contributed by atoms with van der Waals surface area (Å²) >= 11 is 0. The number of carbonyl (C=O) groups is 1. The molecule has 0 atom stereocenters. The molecule has 0 aliphatic carbocycles. The lowest BCUT2D eigenvalue weighted by Crippen LogP contribution is -2.21. The topological polar surface area (TPSA) is 90.3 Å². The summed E-state index contributed by atoms with van der Waals surface area (Å²) in [5.41, 5.74) is 4.76. The van der Waals surface area contributed by atoms with E-state index in [1.54, 1.807) is 4.68 Å². The summed E-state index contributed by atoms with van der Waals surface area (Å²) in [5, 5.41) is 7.64. The quantitative estimate of drug-likeness (QED) is 0.423. The smallest absolute Gasteiger partial charge is 0.263 e. The summed E-state index contributed by atoms with van der Waals surface area (Å²) in [6, 6.07) is 23.5. The molecule has 0 bridgehead atoms. The Morgan fingerprint density at radius 2 is 1.68 bits per heavy atom. The molecule has 1 N–H and O–H groups in total. The number of aryl methyl sites for hydroxylation is 2. The number of sulfone groups is 1. The molecule has 4 aromatic rings. The fourth-order valence-electron chi connectivity index (χ4n) is 3.49. The summed E-state index contributed by atoms with van der Waals surface area (Å²) in [5.74, 6) is 0.551. The fourth-order valence-corrected chi connectivity index (χ4v) is 4.12. The third-order valence-corrected chi connectivity index (χ3v) is 6.40. The number of hydrogen-bond donors (Lipinski definition) is 1. The second kappa shape index (κ2) is 9.52. The molecule has 1 heterocycles. The van der Waals surface area contributed by atoms with Crippen molar-refractivity contribution in [1.29, 1.82) is 0 Å². The van der Waals surface area contributed by atoms with Crippen LogP contribution >= 0.6 is 0 Å². The number of anilines is 1. The Morgan fingerprint density at radius 3 is 2.35 bits per heavy atom. The normalized spacial score (nSPS) is 11.3. The van der Waals surface area contributed by atoms with Crippen molar-refractivity contribution in [3.05, 3.63) is 90.0 Å². The Hall–Kier alpha value is -3.91. The number of nitrogens with zero attached hydrogens (tertiary/aromatic N) is 2. The predicted molar refractivity (Wildman–Crippen MR) is 132 cm³/mol. The Morgan fingerprint density at radius 1 is 0.971 bits per heavy atom. The third kappa shape index (κ3) is 5.35. The number of ether oxygens (including phenoxy) is 1. The minimum absolute atomic E-state index is 0.190. The first-order valence-electron chi connectivity index (χ1n) is 10.7. The predicted octanol–water partition coefficient (Wildman–Crippen LogP) is 4.58. The van der Waals surface area contributed by atoms with Crippen molar-refractivity contribution in [2.24, 2.45) is 0 Å². The van der Waals surface area contributed by atoms with Crippen LogP contribution in [0.1, 0.15) is 11.1 Å². The van der Waals surface area contributed by atoms with Crippen LogP contribution in [0.2, 0.25) is 0 Å². The molecule has 0 aliphatic rings. The highest BCUT2D eigenvalue weighted by molar-refractivity contribution is 7.90. The molecule has 0 spiro atoms. The van der Waals surface area contributed by atoms with Gasteiger partial charge in [0.05, 0.1) is 16.3 Å². The first-order chi connectivity index (χ1) is 16.2. The molecule has 1 amide bonds. The molecule has 7 nitrogen and oxygen atoms in total. The Bertz CT molecular complexity index is 1430. The average Bonchev–Trinajstić information content (AvgIpc) is 3.23. The lowest BCUT2D eigenvalue weighted by atomic mass is 10.0. The Labute approximate surface area is 198 Å². The van der Waals surface area contributed by atoms with Gasteiger partial charge in [-0.05, 0) is 61.9 Å². The van der Waals surface area contributed by atoms with E-state index in [-0.39, 0.29) is 17.4 Å². The van der Waals surface area contributed by atoms with E-state index in [0.717, 1.165) is 34.3 Å². The van der Waals surface area contributed by atoms with Gasteiger partial charge in [-0.3, -0.25) is 4.79 Å². The minimum Gasteiger partial charge on any atom is -0.484 e. The fraction of sp³-hybridized carbons (Fsp3) is 0.154. The standard InChI is InChI=1S/C26H25N3O4S/c1-18-9-10-19(2)23(15-18)24-16-25(29(28-24)20-7-5-4-6-8-20)27-26(30)17-33-21-11-13-22(14-12-21)34(3,31)32/h4-16H,17H2,1-3H3,(H,27,30). The van der Waals surface area contributed by atoms with Crippen LogP contribution in [0, 0.1) is 13.8 Å². The van der Waals surface area contributed by atoms with Crippen molar-refractivity contribution in [2.45, 2.75) is 18.7 Å². The van der Waals surface area contributed by atoms with E-state index in [1.165, 1.54) is 24.3 Å². The lowest BCUT2D eigenvalue weighted by Gasteiger charge is -2.10. The monoisotopic (exact) mass is 475 g/mol. The van der Waals surface area contributed by atoms with E-state index >= 15 is 0 Å². The van der Waals surface area contributed by atoms with Gasteiger partial charge >= 0.3 is 0 Å². The van der Waals surface area contributed by atoms with Crippen molar-refractivity contribution in [3.63, 3.8) is 0 Å². The van der Waals surface area contributed by atoms with E-state index in [1.807, 2.05) is 56.3 Å². The molecule has 3 aromatic carbocycles. The molecule has 0 unspecified atom stereocenters. The van der Waals surface area contributed by atoms with E-state index in [9.17, 15) is 13.2 Å². The van der Waals surface area contributed by atoms with Crippen molar-refractivity contribution >= 4 is 21.6 Å². The highest BCUT2D eigenvalue weighted by atomic mass is 32.2. The van der Waals surface area contributed by atoms with Crippen LogP contribution < -0.4 is 10.1 Å². The zero-order valence-electron chi connectivity index (χ0n) is 19.1. The molecular weight excluding hydrogens is 450 g/mol. The Balaban J connectivity index is 1.56. The largest absolute Gasteiger partial charge is 0.484 e. The van der Waals surface area contributed by atoms with Gasteiger partial charge in [0.15, 0.2) is 16.4 Å². The van der Waals surface area contributed by atoms with Crippen LogP contribution in [0.15, 0.2) is 83.8 Å². The zero-order chi connectivity index (χ0) is 24.3. The van der Waals surface area contributed by atoms with Crippen molar-refractivity contribution in [1.82, 2.24) is 9.78 Å². The molecule has 174 valence electrons. The summed E-state index contributed by atoms with van der Waals surface area (Å²) in [7, 11) is -3.29. The third-order valence-electron chi connectivity index (χ3n) is 5.27. The minimum atomic E-state index is -3.29. The van der Waals surface area contributed by atoms with E-state index in [2.05, 4.69) is 17.4 Å². The van der Waals surface area contributed by atoms with Crippen LogP contribution in [-0.2, 0) is 14.6 Å². The van der Waals surface area contributed by atoms with Crippen molar-refractivity contribution in [2.75, 3.05) is 18.2 Å². The molecule has 0 fully saturated rings. The zero-order valence-corrected chi connectivity index (χ0v) is 20.0. The summed E-state index contributed by atoms with van der Waals surface area (Å²) < 4.78 is 30.4. The van der Waals surface area contributed by atoms with Gasteiger partial charge < -0.3 is 10.1 Å². The van der Waals surface area contributed by atoms with E-state index in [4.69, 9.17) is 9.84 Å².